The van der Waals surface area contributed by atoms with Crippen molar-refractivity contribution in [2.24, 2.45) is 5.92 Å². The molecule has 0 aliphatic rings. The number of rotatable bonds is 5. The summed E-state index contributed by atoms with van der Waals surface area (Å²) in [4.78, 5) is 0. The average Bonchev–Trinajstić information content (AvgIpc) is 2.06. The maximum Gasteiger partial charge on any atom is -0.0322 e. The molecule has 0 heterocycles. The fourth-order valence-corrected chi connectivity index (χ4v) is 1.07. The van der Waals surface area contributed by atoms with E-state index in [0.29, 0.717) is 0 Å². The fourth-order valence-electron chi connectivity index (χ4n) is 1.07. The lowest BCUT2D eigenvalue weighted by Gasteiger charge is -2.05. The molecule has 0 radical (unpaired) electrons. The monoisotopic (exact) mass is 154 g/mol. The maximum absolute atomic E-state index is 2.42. The van der Waals surface area contributed by atoms with Crippen molar-refractivity contribution >= 4 is 0 Å². The van der Waals surface area contributed by atoms with Crippen LogP contribution in [0.5, 0.6) is 0 Å². The van der Waals surface area contributed by atoms with Crippen molar-refractivity contribution in [1.82, 2.24) is 0 Å². The van der Waals surface area contributed by atoms with Crippen molar-refractivity contribution in [1.29, 1.82) is 0 Å². The third-order valence-corrected chi connectivity index (χ3v) is 2.41. The Morgan fingerprint density at radius 1 is 1.18 bits per heavy atom. The third kappa shape index (κ3) is 5.06. The van der Waals surface area contributed by atoms with Crippen LogP contribution < -0.4 is 0 Å². The van der Waals surface area contributed by atoms with Crippen LogP contribution in [0.2, 0.25) is 0 Å². The highest BCUT2D eigenvalue weighted by Crippen LogP contribution is 2.12. The van der Waals surface area contributed by atoms with Gasteiger partial charge in [-0.15, -0.1) is 0 Å². The van der Waals surface area contributed by atoms with Crippen LogP contribution in [-0.2, 0) is 0 Å². The minimum Gasteiger partial charge on any atom is -0.0851 e. The van der Waals surface area contributed by atoms with Gasteiger partial charge >= 0.3 is 0 Å². The molecule has 0 aliphatic heterocycles. The van der Waals surface area contributed by atoms with Gasteiger partial charge in [-0.1, -0.05) is 45.8 Å². The van der Waals surface area contributed by atoms with Crippen LogP contribution in [-0.4, -0.2) is 0 Å². The normalized spacial score (nSPS) is 12.7. The van der Waals surface area contributed by atoms with E-state index in [1.165, 1.54) is 25.7 Å². The molecule has 0 heteroatoms. The lowest BCUT2D eigenvalue weighted by Crippen LogP contribution is -1.89. The van der Waals surface area contributed by atoms with Crippen molar-refractivity contribution in [3.05, 3.63) is 11.6 Å². The zero-order valence-electron chi connectivity index (χ0n) is 8.48. The van der Waals surface area contributed by atoms with Gasteiger partial charge in [0.15, 0.2) is 0 Å². The Morgan fingerprint density at radius 2 is 1.73 bits per heavy atom. The van der Waals surface area contributed by atoms with Crippen molar-refractivity contribution in [3.8, 4) is 0 Å². The second kappa shape index (κ2) is 6.45. The second-order valence-corrected chi connectivity index (χ2v) is 3.32. The largest absolute Gasteiger partial charge is 0.0851 e. The number of hydrogen-bond donors (Lipinski definition) is 0. The predicted octanol–water partition coefficient (Wildman–Crippen LogP) is 4.17. The molecule has 0 aromatic rings. The molecule has 0 aromatic heterocycles. The van der Waals surface area contributed by atoms with Gasteiger partial charge < -0.3 is 0 Å². The van der Waals surface area contributed by atoms with Gasteiger partial charge in [-0.3, -0.25) is 0 Å². The Morgan fingerprint density at radius 3 is 2.09 bits per heavy atom. The van der Waals surface area contributed by atoms with Crippen LogP contribution in [0.4, 0.5) is 0 Å². The molecular weight excluding hydrogens is 132 g/mol. The molecule has 1 unspecified atom stereocenters. The van der Waals surface area contributed by atoms with E-state index in [-0.39, 0.29) is 0 Å². The molecule has 0 aliphatic carbocycles. The molecule has 0 amide bonds. The molecule has 0 N–H and O–H groups in total. The third-order valence-electron chi connectivity index (χ3n) is 2.41. The van der Waals surface area contributed by atoms with Gasteiger partial charge in [-0.05, 0) is 25.2 Å². The predicted molar refractivity (Wildman–Crippen MR) is 52.7 cm³/mol. The Kier molecular flexibility index (Phi) is 6.30. The Bertz CT molecular complexity index is 105. The summed E-state index contributed by atoms with van der Waals surface area (Å²) in [5.74, 6) is 0.864. The smallest absolute Gasteiger partial charge is 0.0322 e. The van der Waals surface area contributed by atoms with Gasteiger partial charge in [-0.2, -0.15) is 0 Å². The zero-order valence-corrected chi connectivity index (χ0v) is 8.48. The van der Waals surface area contributed by atoms with Crippen LogP contribution in [0.25, 0.3) is 0 Å². The van der Waals surface area contributed by atoms with Gasteiger partial charge in [-0.25, -0.2) is 0 Å². The van der Waals surface area contributed by atoms with Gasteiger partial charge in [0.1, 0.15) is 0 Å². The highest BCUT2D eigenvalue weighted by molar-refractivity contribution is 5.00. The first-order chi connectivity index (χ1) is 5.24. The molecule has 0 spiro atoms. The lowest BCUT2D eigenvalue weighted by molar-refractivity contribution is 0.569. The van der Waals surface area contributed by atoms with Crippen molar-refractivity contribution in [2.75, 3.05) is 0 Å². The SMILES string of the molecule is CCC(=CCC(C)CC)CC. The van der Waals surface area contributed by atoms with Crippen LogP contribution >= 0.6 is 0 Å². The zero-order chi connectivity index (χ0) is 8.69. The molecule has 11 heavy (non-hydrogen) atoms. The van der Waals surface area contributed by atoms with E-state index in [2.05, 4.69) is 33.8 Å². The molecule has 0 nitrogen and oxygen atoms in total. The maximum atomic E-state index is 2.42. The molecule has 0 fully saturated rings. The molecule has 1 atom stereocenters. The second-order valence-electron chi connectivity index (χ2n) is 3.32. The van der Waals surface area contributed by atoms with Crippen LogP contribution in [0.15, 0.2) is 11.6 Å². The van der Waals surface area contributed by atoms with Crippen LogP contribution in [0, 0.1) is 5.92 Å². The summed E-state index contributed by atoms with van der Waals surface area (Å²) < 4.78 is 0. The van der Waals surface area contributed by atoms with Crippen molar-refractivity contribution < 1.29 is 0 Å². The summed E-state index contributed by atoms with van der Waals surface area (Å²) in [7, 11) is 0. The van der Waals surface area contributed by atoms with E-state index in [9.17, 15) is 0 Å². The van der Waals surface area contributed by atoms with E-state index in [1.54, 1.807) is 5.57 Å². The molecular formula is C11H22. The highest BCUT2D eigenvalue weighted by Gasteiger charge is 1.95. The van der Waals surface area contributed by atoms with Gasteiger partial charge in [0.2, 0.25) is 0 Å². The van der Waals surface area contributed by atoms with Gasteiger partial charge in [0.05, 0.1) is 0 Å². The van der Waals surface area contributed by atoms with E-state index < -0.39 is 0 Å². The highest BCUT2D eigenvalue weighted by atomic mass is 14.0. The van der Waals surface area contributed by atoms with E-state index in [4.69, 9.17) is 0 Å². The molecule has 0 aromatic carbocycles. The molecule has 0 rings (SSSR count). The molecule has 0 saturated carbocycles. The summed E-state index contributed by atoms with van der Waals surface area (Å²) in [5, 5.41) is 0. The fraction of sp³-hybridized carbons (Fsp3) is 0.818. The Hall–Kier alpha value is -0.260. The minimum atomic E-state index is 0.864. The lowest BCUT2D eigenvalue weighted by atomic mass is 10.0. The van der Waals surface area contributed by atoms with Gasteiger partial charge in [0, 0.05) is 0 Å². The number of allylic oxidation sites excluding steroid dienone is 2. The van der Waals surface area contributed by atoms with Crippen molar-refractivity contribution in [3.63, 3.8) is 0 Å². The van der Waals surface area contributed by atoms with Crippen LogP contribution in [0.3, 0.4) is 0 Å². The standard InChI is InChI=1S/C11H22/c1-5-10(4)8-9-11(6-2)7-3/h9-10H,5-8H2,1-4H3. The molecule has 66 valence electrons. The van der Waals surface area contributed by atoms with E-state index in [1.807, 2.05) is 0 Å². The van der Waals surface area contributed by atoms with E-state index >= 15 is 0 Å². The summed E-state index contributed by atoms with van der Waals surface area (Å²) in [6.45, 7) is 9.06. The van der Waals surface area contributed by atoms with Crippen molar-refractivity contribution in [2.45, 2.75) is 53.4 Å². The number of hydrogen-bond acceptors (Lipinski definition) is 0. The average molecular weight is 154 g/mol. The summed E-state index contributed by atoms with van der Waals surface area (Å²) in [6, 6.07) is 0. The molecule has 0 bridgehead atoms. The van der Waals surface area contributed by atoms with Gasteiger partial charge in [0.25, 0.3) is 0 Å². The first-order valence-corrected chi connectivity index (χ1v) is 4.92. The molecule has 0 saturated heterocycles. The Labute approximate surface area is 71.7 Å². The first-order valence-electron chi connectivity index (χ1n) is 4.92. The van der Waals surface area contributed by atoms with Crippen LogP contribution in [0.1, 0.15) is 53.4 Å². The Balaban J connectivity index is 3.68. The summed E-state index contributed by atoms with van der Waals surface area (Å²) in [5.41, 5.74) is 1.62. The summed E-state index contributed by atoms with van der Waals surface area (Å²) >= 11 is 0. The quantitative estimate of drug-likeness (QED) is 0.521. The minimum absolute atomic E-state index is 0.864. The summed E-state index contributed by atoms with van der Waals surface area (Å²) in [6.07, 6.45) is 7.46. The first kappa shape index (κ1) is 10.7. The van der Waals surface area contributed by atoms with E-state index in [0.717, 1.165) is 5.92 Å². The topological polar surface area (TPSA) is 0 Å².